The summed E-state index contributed by atoms with van der Waals surface area (Å²) in [6.07, 6.45) is 0. The first-order valence-electron chi connectivity index (χ1n) is 8.66. The molecule has 0 radical (unpaired) electrons. The van der Waals surface area contributed by atoms with Crippen LogP contribution in [0.1, 0.15) is 34.6 Å². The van der Waals surface area contributed by atoms with Crippen molar-refractivity contribution in [1.82, 2.24) is 10.6 Å². The highest BCUT2D eigenvalue weighted by Gasteiger charge is 2.08. The van der Waals surface area contributed by atoms with E-state index in [2.05, 4.69) is 21.3 Å². The topological polar surface area (TPSA) is 99.3 Å². The molecule has 0 aromatic heterocycles. The minimum absolute atomic E-state index is 0.0633. The first kappa shape index (κ1) is 20.0. The zero-order chi connectivity index (χ0) is 19.8. The Labute approximate surface area is 158 Å². The van der Waals surface area contributed by atoms with E-state index in [1.165, 1.54) is 0 Å². The average molecular weight is 368 g/mol. The summed E-state index contributed by atoms with van der Waals surface area (Å²) in [5.74, 6) is -0.528. The molecule has 0 fully saturated rings. The van der Waals surface area contributed by atoms with Crippen LogP contribution >= 0.6 is 0 Å². The van der Waals surface area contributed by atoms with Crippen molar-refractivity contribution in [3.63, 3.8) is 0 Å². The predicted octanol–water partition coefficient (Wildman–Crippen LogP) is 2.23. The molecule has 0 aliphatic heterocycles. The van der Waals surface area contributed by atoms with E-state index in [9.17, 15) is 14.4 Å². The van der Waals surface area contributed by atoms with Crippen molar-refractivity contribution in [2.75, 3.05) is 24.2 Å². The van der Waals surface area contributed by atoms with Gasteiger partial charge in [0.25, 0.3) is 11.8 Å². The lowest BCUT2D eigenvalue weighted by Gasteiger charge is -2.10. The zero-order valence-corrected chi connectivity index (χ0v) is 15.6. The molecule has 2 aromatic carbocycles. The Bertz CT molecular complexity index is 799. The summed E-state index contributed by atoms with van der Waals surface area (Å²) in [7, 11) is 1.57. The number of carbonyl (C=O) groups is 3. The molecule has 0 unspecified atom stereocenters. The van der Waals surface area contributed by atoms with E-state index in [0.717, 1.165) is 5.69 Å². The fourth-order valence-electron chi connectivity index (χ4n) is 2.32. The molecule has 4 N–H and O–H groups in total. The highest BCUT2D eigenvalue weighted by Crippen LogP contribution is 2.11. The highest BCUT2D eigenvalue weighted by atomic mass is 16.2. The normalized spacial score (nSPS) is 10.2. The molecular weight excluding hydrogens is 344 g/mol. The van der Waals surface area contributed by atoms with E-state index in [0.29, 0.717) is 16.8 Å². The van der Waals surface area contributed by atoms with Gasteiger partial charge in [0.15, 0.2) is 0 Å². The lowest BCUT2D eigenvalue weighted by molar-refractivity contribution is -0.114. The summed E-state index contributed by atoms with van der Waals surface area (Å²) in [4.78, 5) is 35.4. The Morgan fingerprint density at radius 1 is 0.815 bits per heavy atom. The highest BCUT2D eigenvalue weighted by molar-refractivity contribution is 5.97. The van der Waals surface area contributed by atoms with E-state index in [1.54, 1.807) is 55.6 Å². The number of benzene rings is 2. The maximum Gasteiger partial charge on any atom is 0.251 e. The van der Waals surface area contributed by atoms with Crippen LogP contribution in [0.5, 0.6) is 0 Å². The number of hydrogen-bond donors (Lipinski definition) is 4. The third-order valence-corrected chi connectivity index (χ3v) is 3.68. The molecule has 7 nitrogen and oxygen atoms in total. The molecule has 27 heavy (non-hydrogen) atoms. The summed E-state index contributed by atoms with van der Waals surface area (Å²) >= 11 is 0. The van der Waals surface area contributed by atoms with Gasteiger partial charge in [0.1, 0.15) is 0 Å². The van der Waals surface area contributed by atoms with Crippen molar-refractivity contribution in [3.8, 4) is 0 Å². The van der Waals surface area contributed by atoms with E-state index in [-0.39, 0.29) is 30.3 Å². The van der Waals surface area contributed by atoms with Gasteiger partial charge in [-0.2, -0.15) is 0 Å². The minimum Gasteiger partial charge on any atom is -0.376 e. The number of rotatable bonds is 7. The van der Waals surface area contributed by atoms with Crippen molar-refractivity contribution < 1.29 is 14.4 Å². The van der Waals surface area contributed by atoms with Crippen LogP contribution in [0.4, 0.5) is 11.4 Å². The number of nitrogens with one attached hydrogen (secondary N) is 4. The molecular formula is C20H24N4O3. The second-order valence-electron chi connectivity index (χ2n) is 6.26. The fourth-order valence-corrected chi connectivity index (χ4v) is 2.32. The van der Waals surface area contributed by atoms with Gasteiger partial charge in [-0.05, 0) is 62.4 Å². The quantitative estimate of drug-likeness (QED) is 0.602. The van der Waals surface area contributed by atoms with Crippen LogP contribution in [0.15, 0.2) is 48.5 Å². The molecule has 0 aliphatic rings. The molecule has 0 atom stereocenters. The van der Waals surface area contributed by atoms with Crippen molar-refractivity contribution in [2.45, 2.75) is 19.9 Å². The standard InChI is InChI=1S/C20H24N4O3/c1-13(2)23-20(27)15-6-10-17(11-7-15)24-18(25)12-22-16-8-4-14(5-9-16)19(26)21-3/h4-11,13,22H,12H2,1-3H3,(H,21,26)(H,23,27)(H,24,25). The number of hydrogen-bond acceptors (Lipinski definition) is 4. The lowest BCUT2D eigenvalue weighted by Crippen LogP contribution is -2.30. The van der Waals surface area contributed by atoms with Crippen LogP contribution in [0.25, 0.3) is 0 Å². The SMILES string of the molecule is CNC(=O)c1ccc(NCC(=O)Nc2ccc(C(=O)NC(C)C)cc2)cc1. The Morgan fingerprint density at radius 3 is 1.85 bits per heavy atom. The smallest absolute Gasteiger partial charge is 0.251 e. The van der Waals surface area contributed by atoms with Crippen LogP contribution in [0, 0.1) is 0 Å². The van der Waals surface area contributed by atoms with E-state index < -0.39 is 0 Å². The Balaban J connectivity index is 1.85. The second-order valence-corrected chi connectivity index (χ2v) is 6.26. The lowest BCUT2D eigenvalue weighted by atomic mass is 10.2. The van der Waals surface area contributed by atoms with Crippen LogP contribution in [0.2, 0.25) is 0 Å². The van der Waals surface area contributed by atoms with Gasteiger partial charge < -0.3 is 21.3 Å². The summed E-state index contributed by atoms with van der Waals surface area (Å²) in [5.41, 5.74) is 2.43. The molecule has 2 aromatic rings. The molecule has 0 spiro atoms. The first-order chi connectivity index (χ1) is 12.9. The van der Waals surface area contributed by atoms with Crippen LogP contribution in [-0.4, -0.2) is 37.4 Å². The Hall–Kier alpha value is -3.35. The molecule has 0 saturated carbocycles. The van der Waals surface area contributed by atoms with Gasteiger partial charge >= 0.3 is 0 Å². The second kappa shape index (κ2) is 9.38. The molecule has 0 bridgehead atoms. The molecule has 0 aliphatic carbocycles. The van der Waals surface area contributed by atoms with Crippen LogP contribution < -0.4 is 21.3 Å². The maximum absolute atomic E-state index is 12.1. The van der Waals surface area contributed by atoms with Gasteiger partial charge in [0, 0.05) is 35.6 Å². The van der Waals surface area contributed by atoms with E-state index >= 15 is 0 Å². The van der Waals surface area contributed by atoms with Crippen molar-refractivity contribution in [1.29, 1.82) is 0 Å². The van der Waals surface area contributed by atoms with Crippen LogP contribution in [0.3, 0.4) is 0 Å². The Kier molecular flexibility index (Phi) is 6.93. The van der Waals surface area contributed by atoms with Crippen molar-refractivity contribution in [2.24, 2.45) is 0 Å². The number of carbonyl (C=O) groups excluding carboxylic acids is 3. The van der Waals surface area contributed by atoms with Crippen LogP contribution in [-0.2, 0) is 4.79 Å². The summed E-state index contributed by atoms with van der Waals surface area (Å²) in [5, 5.41) is 11.1. The average Bonchev–Trinajstić information content (AvgIpc) is 2.66. The third kappa shape index (κ3) is 6.14. The van der Waals surface area contributed by atoms with Gasteiger partial charge in [0.2, 0.25) is 5.91 Å². The van der Waals surface area contributed by atoms with Crippen molar-refractivity contribution in [3.05, 3.63) is 59.7 Å². The molecule has 0 heterocycles. The maximum atomic E-state index is 12.1. The summed E-state index contributed by atoms with van der Waals surface area (Å²) in [6.45, 7) is 3.87. The number of amides is 3. The van der Waals surface area contributed by atoms with E-state index in [4.69, 9.17) is 0 Å². The third-order valence-electron chi connectivity index (χ3n) is 3.68. The molecule has 2 rings (SSSR count). The summed E-state index contributed by atoms with van der Waals surface area (Å²) < 4.78 is 0. The fraction of sp³-hybridized carbons (Fsp3) is 0.250. The predicted molar refractivity (Wildman–Crippen MR) is 106 cm³/mol. The molecule has 3 amide bonds. The van der Waals surface area contributed by atoms with Gasteiger partial charge in [0.05, 0.1) is 6.54 Å². The Morgan fingerprint density at radius 2 is 1.33 bits per heavy atom. The van der Waals surface area contributed by atoms with Crippen molar-refractivity contribution >= 4 is 29.1 Å². The monoisotopic (exact) mass is 368 g/mol. The van der Waals surface area contributed by atoms with Gasteiger partial charge in [-0.1, -0.05) is 0 Å². The minimum atomic E-state index is -0.218. The zero-order valence-electron chi connectivity index (χ0n) is 15.6. The van der Waals surface area contributed by atoms with Gasteiger partial charge in [-0.25, -0.2) is 0 Å². The van der Waals surface area contributed by atoms with Gasteiger partial charge in [-0.3, -0.25) is 14.4 Å². The molecule has 142 valence electrons. The number of anilines is 2. The largest absolute Gasteiger partial charge is 0.376 e. The molecule has 7 heteroatoms. The summed E-state index contributed by atoms with van der Waals surface area (Å²) in [6, 6.07) is 13.6. The first-order valence-corrected chi connectivity index (χ1v) is 8.66. The van der Waals surface area contributed by atoms with E-state index in [1.807, 2.05) is 13.8 Å². The molecule has 0 saturated heterocycles. The van der Waals surface area contributed by atoms with Gasteiger partial charge in [-0.15, -0.1) is 0 Å².